The summed E-state index contributed by atoms with van der Waals surface area (Å²) in [4.78, 5) is 43.0. The Kier molecular flexibility index (Phi) is 28.7. The molecule has 0 saturated heterocycles. The number of phosphoric ester groups is 1. The van der Waals surface area contributed by atoms with Crippen LogP contribution in [0.25, 0.3) is 0 Å². The average molecular weight is 771 g/mol. The van der Waals surface area contributed by atoms with Crippen LogP contribution in [0, 0.1) is 11.8 Å². The Hall–Kier alpha value is -2.11. The summed E-state index contributed by atoms with van der Waals surface area (Å²) in [5.74, 6) is -1.38. The molecule has 6 atom stereocenters. The number of rotatable bonds is 32. The van der Waals surface area contributed by atoms with Crippen LogP contribution < -0.4 is 0 Å². The molecule has 0 aromatic rings. The number of hydrogen-bond acceptors (Lipinski definition) is 9. The molecular weight excluding hydrogens is 699 g/mol. The van der Waals surface area contributed by atoms with Crippen molar-refractivity contribution in [3.63, 3.8) is 0 Å². The third kappa shape index (κ3) is 27.2. The molecule has 0 spiro atoms. The van der Waals surface area contributed by atoms with E-state index >= 15 is 0 Å². The topological polar surface area (TPSA) is 180 Å². The van der Waals surface area contributed by atoms with E-state index in [1.807, 2.05) is 6.08 Å². The summed E-state index contributed by atoms with van der Waals surface area (Å²) in [5, 5.41) is 31.2. The molecule has 0 heterocycles. The average Bonchev–Trinajstić information content (AvgIpc) is 3.38. The number of carbonyl (C=O) groups is 2. The van der Waals surface area contributed by atoms with Gasteiger partial charge in [-0.1, -0.05) is 114 Å². The van der Waals surface area contributed by atoms with Crippen molar-refractivity contribution in [3.05, 3.63) is 48.6 Å². The lowest BCUT2D eigenvalue weighted by atomic mass is 9.88. The first kappa shape index (κ1) is 48.9. The van der Waals surface area contributed by atoms with Gasteiger partial charge in [-0.2, -0.15) is 0 Å². The fourth-order valence-corrected chi connectivity index (χ4v) is 6.72. The van der Waals surface area contributed by atoms with Crippen LogP contribution >= 0.6 is 7.82 Å². The highest BCUT2D eigenvalue weighted by Gasteiger charge is 2.39. The summed E-state index contributed by atoms with van der Waals surface area (Å²) in [6, 6.07) is 0. The molecule has 12 heteroatoms. The summed E-state index contributed by atoms with van der Waals surface area (Å²) < 4.78 is 26.3. The van der Waals surface area contributed by atoms with Gasteiger partial charge in [0.2, 0.25) is 0 Å². The first-order valence-electron chi connectivity index (χ1n) is 20.2. The highest BCUT2D eigenvalue weighted by molar-refractivity contribution is 7.46. The number of aliphatic hydroxyl groups excluding tert-OH is 3. The van der Waals surface area contributed by atoms with Crippen LogP contribution in [0.4, 0.5) is 0 Å². The van der Waals surface area contributed by atoms with Crippen LogP contribution in [0.1, 0.15) is 149 Å². The molecule has 0 radical (unpaired) electrons. The maximum atomic E-state index is 12.5. The van der Waals surface area contributed by atoms with Gasteiger partial charge in [0.25, 0.3) is 0 Å². The maximum Gasteiger partial charge on any atom is 0.469 e. The van der Waals surface area contributed by atoms with Crippen molar-refractivity contribution in [2.45, 2.75) is 173 Å². The van der Waals surface area contributed by atoms with Gasteiger partial charge in [-0.05, 0) is 70.1 Å². The van der Waals surface area contributed by atoms with Gasteiger partial charge < -0.3 is 34.6 Å². The van der Waals surface area contributed by atoms with Crippen LogP contribution in [0.5, 0.6) is 0 Å². The molecule has 0 unspecified atom stereocenters. The molecule has 0 amide bonds. The molecule has 1 aliphatic rings. The minimum Gasteiger partial charge on any atom is -0.462 e. The highest BCUT2D eigenvalue weighted by Crippen LogP contribution is 2.38. The second-order valence-corrected chi connectivity index (χ2v) is 15.5. The number of hydrogen-bond donors (Lipinski definition) is 5. The fourth-order valence-electron chi connectivity index (χ4n) is 6.36. The predicted octanol–water partition coefficient (Wildman–Crippen LogP) is 8.34. The summed E-state index contributed by atoms with van der Waals surface area (Å²) in [6.07, 6.45) is 30.4. The van der Waals surface area contributed by atoms with Crippen molar-refractivity contribution < 1.29 is 53.3 Å². The number of carbonyl (C=O) groups excluding carboxylic acids is 2. The third-order valence-corrected chi connectivity index (χ3v) is 9.91. The van der Waals surface area contributed by atoms with Gasteiger partial charge in [0.1, 0.15) is 6.61 Å². The first-order chi connectivity index (χ1) is 25.5. The third-order valence-electron chi connectivity index (χ3n) is 9.42. The quantitative estimate of drug-likeness (QED) is 0.0192. The van der Waals surface area contributed by atoms with Gasteiger partial charge in [-0.25, -0.2) is 4.57 Å². The summed E-state index contributed by atoms with van der Waals surface area (Å²) in [5.41, 5.74) is 0. The highest BCUT2D eigenvalue weighted by atomic mass is 31.2. The Balaban J connectivity index is 2.32. The Morgan fingerprint density at radius 1 is 0.736 bits per heavy atom. The smallest absolute Gasteiger partial charge is 0.462 e. The molecule has 0 bridgehead atoms. The van der Waals surface area contributed by atoms with Crippen molar-refractivity contribution in [1.29, 1.82) is 0 Å². The minimum absolute atomic E-state index is 0.0753. The molecule has 53 heavy (non-hydrogen) atoms. The fraction of sp³-hybridized carbons (Fsp3) is 0.756. The second-order valence-electron chi connectivity index (χ2n) is 14.2. The van der Waals surface area contributed by atoms with Crippen LogP contribution in [0.2, 0.25) is 0 Å². The predicted molar refractivity (Wildman–Crippen MR) is 209 cm³/mol. The Labute approximate surface area is 319 Å². The summed E-state index contributed by atoms with van der Waals surface area (Å²) >= 11 is 0. The van der Waals surface area contributed by atoms with Crippen LogP contribution in [0.3, 0.4) is 0 Å². The van der Waals surface area contributed by atoms with Crippen LogP contribution in [-0.2, 0) is 28.2 Å². The number of aliphatic hydroxyl groups is 3. The summed E-state index contributed by atoms with van der Waals surface area (Å²) in [7, 11) is -4.82. The molecule has 0 aromatic carbocycles. The van der Waals surface area contributed by atoms with E-state index in [-0.39, 0.29) is 31.3 Å². The monoisotopic (exact) mass is 770 g/mol. The van der Waals surface area contributed by atoms with Crippen molar-refractivity contribution in [3.8, 4) is 0 Å². The maximum absolute atomic E-state index is 12.5. The molecule has 0 aromatic heterocycles. The number of ether oxygens (including phenoxy) is 2. The Morgan fingerprint density at radius 2 is 1.32 bits per heavy atom. The standard InChI is InChI=1S/C41H71O11P/c1-3-5-7-8-9-10-11-12-13-14-15-16-17-18-23-27-40(45)50-32-35(33-51-53(47,48)49)52-41(46)28-24-20-19-22-26-36-37(39(44)31-38(36)43)30-29-34(42)25-21-6-4-2/h9-10,12-13,15-16,29-30,34-39,42-44H,3-8,11,14,17-28,31-33H2,1-2H3,(H2,47,48,49)/b10-9-,13-12-,16-15-,30-29+/t34-,35+,36+,37+,38-,39+/m0/s1. The molecule has 11 nitrogen and oxygen atoms in total. The van der Waals surface area contributed by atoms with Crippen molar-refractivity contribution in [2.24, 2.45) is 11.8 Å². The normalized spacial score (nSPS) is 20.7. The van der Waals surface area contributed by atoms with E-state index in [0.717, 1.165) is 70.6 Å². The summed E-state index contributed by atoms with van der Waals surface area (Å²) in [6.45, 7) is 3.33. The minimum atomic E-state index is -4.82. The van der Waals surface area contributed by atoms with E-state index in [0.29, 0.717) is 32.1 Å². The Bertz CT molecular complexity index is 1120. The molecule has 1 rings (SSSR count). The zero-order valence-electron chi connectivity index (χ0n) is 32.5. The molecule has 1 aliphatic carbocycles. The number of unbranched alkanes of at least 4 members (excludes halogenated alkanes) is 10. The lowest BCUT2D eigenvalue weighted by Gasteiger charge is -2.21. The molecule has 1 fully saturated rings. The van der Waals surface area contributed by atoms with Gasteiger partial charge >= 0.3 is 19.8 Å². The van der Waals surface area contributed by atoms with Gasteiger partial charge in [0.15, 0.2) is 6.10 Å². The number of esters is 2. The van der Waals surface area contributed by atoms with Crippen molar-refractivity contribution in [1.82, 2.24) is 0 Å². The number of phosphoric acid groups is 1. The van der Waals surface area contributed by atoms with Crippen LogP contribution in [-0.4, -0.2) is 74.7 Å². The zero-order chi connectivity index (χ0) is 39.2. The Morgan fingerprint density at radius 3 is 1.98 bits per heavy atom. The molecule has 306 valence electrons. The van der Waals surface area contributed by atoms with Crippen LogP contribution in [0.15, 0.2) is 48.6 Å². The van der Waals surface area contributed by atoms with E-state index in [2.05, 4.69) is 54.8 Å². The molecule has 0 aliphatic heterocycles. The zero-order valence-corrected chi connectivity index (χ0v) is 33.4. The molecular formula is C41H71O11P. The van der Waals surface area contributed by atoms with Crippen molar-refractivity contribution >= 4 is 19.8 Å². The largest absolute Gasteiger partial charge is 0.469 e. The van der Waals surface area contributed by atoms with Gasteiger partial charge in [-0.15, -0.1) is 0 Å². The van der Waals surface area contributed by atoms with Gasteiger partial charge in [0.05, 0.1) is 24.9 Å². The van der Waals surface area contributed by atoms with E-state index in [1.54, 1.807) is 6.08 Å². The lowest BCUT2D eigenvalue weighted by molar-refractivity contribution is -0.161. The van der Waals surface area contributed by atoms with Crippen molar-refractivity contribution in [2.75, 3.05) is 13.2 Å². The van der Waals surface area contributed by atoms with Gasteiger partial charge in [0, 0.05) is 25.2 Å². The molecule has 1 saturated carbocycles. The second kappa shape index (κ2) is 31.1. The van der Waals surface area contributed by atoms with Gasteiger partial charge in [-0.3, -0.25) is 14.1 Å². The van der Waals surface area contributed by atoms with E-state index in [9.17, 15) is 29.5 Å². The first-order valence-corrected chi connectivity index (χ1v) is 21.7. The number of allylic oxidation sites excluding steroid dienone is 6. The molecule has 5 N–H and O–H groups in total. The van der Waals surface area contributed by atoms with E-state index in [1.165, 1.54) is 19.3 Å². The van der Waals surface area contributed by atoms with E-state index in [4.69, 9.17) is 19.3 Å². The lowest BCUT2D eigenvalue weighted by Crippen LogP contribution is -2.29. The SMILES string of the molecule is CCCCC/C=C\C/C=C\C/C=C\CCCCC(=O)OC[C@H](COP(=O)(O)O)OC(=O)CCCCCC[C@@H]1[C@@H](/C=C/[C@@H](O)CCCCC)[C@H](O)C[C@@H]1O. The van der Waals surface area contributed by atoms with E-state index < -0.39 is 50.8 Å².